The number of ether oxygens (including phenoxy) is 8. The number of carbonyl (C=O) groups is 3. The lowest BCUT2D eigenvalue weighted by atomic mass is 10.1. The van der Waals surface area contributed by atoms with Gasteiger partial charge in [0, 0.05) is 6.04 Å². The molecule has 3 saturated heterocycles. The molecule has 7 aromatic rings. The summed E-state index contributed by atoms with van der Waals surface area (Å²) in [6, 6.07) is 35.1. The standard InChI is InChI=1S/C24H27N5O4.C14H15NO.C10H13ClN4O3.C6H11NO2.C4H3Cl2N3O.ClH/c1-15(2)20-14-32-24(30)29(20)22-26-21(27-23(28-22)31-4)25-16(3)17-10-12-19(13-11-17)33-18-8-6-5-7-9-18;1-11(15)12-7-9-14(10-8-12)16-13-5-3-2-4-6-13;1-5(2)6-4-18-10(16)15(6)8-12-7(11)13-9(14-8)17-3;1-4(2)5-3-9-6(8)7-5;1-10-4-8-2(5)7-3(6)9-4;/h5-13,15-16,20H,14H2,1-4H3,(H,25,26,27,28);2-11H,15H2,1H3;5-6H,4H2,1-3H3;4-5H,3H2,1-2H3,(H,7,8);1H3;1H/t16-,20+;11-;6-;5-;;/m0011../s1. The molecule has 0 unspecified atom stereocenters. The van der Waals surface area contributed by atoms with E-state index in [2.05, 4.69) is 78.8 Å². The van der Waals surface area contributed by atoms with Crippen molar-refractivity contribution in [3.63, 3.8) is 0 Å². The highest BCUT2D eigenvalue weighted by Crippen LogP contribution is 2.30. The van der Waals surface area contributed by atoms with Gasteiger partial charge in [0.25, 0.3) is 0 Å². The maximum Gasteiger partial charge on any atom is 0.417 e. The SMILES string of the molecule is CC(C)[C@H]1COC(=O)N1.COc1nc(Cl)nc(Cl)n1.COc1nc(Cl)nc(N2C(=O)OC[C@@H]2C(C)C)n1.COc1nc(N[C@@H](C)c2ccc(Oc3ccccc3)cc2)nc(N2C(=O)OC[C@@H]2C(C)C)n1.C[C@H](N)c1ccc(Oc2ccccc2)cc1.Cl. The Morgan fingerprint density at radius 2 is 0.908 bits per heavy atom. The molecule has 10 rings (SSSR count). The maximum absolute atomic E-state index is 12.3. The second kappa shape index (κ2) is 34.1. The number of rotatable bonds is 16. The number of cyclic esters (lactones) is 3. The second-order valence-corrected chi connectivity index (χ2v) is 20.9. The topological polar surface area (TPSA) is 298 Å². The zero-order valence-electron chi connectivity index (χ0n) is 49.7. The zero-order chi connectivity index (χ0) is 62.5. The Bertz CT molecular complexity index is 3260. The molecule has 0 saturated carbocycles. The molecule has 29 heteroatoms. The number of benzene rings is 4. The normalized spacial score (nSPS) is 16.3. The van der Waals surface area contributed by atoms with Crippen LogP contribution in [0.15, 0.2) is 109 Å². The molecule has 3 fully saturated rings. The molecule has 3 aromatic heterocycles. The summed E-state index contributed by atoms with van der Waals surface area (Å²) in [7, 11) is 4.31. The number of carbonyl (C=O) groups excluding carboxylic acids is 3. The number of nitrogens with one attached hydrogen (secondary N) is 2. The molecular weight excluding hydrogens is 1210 g/mol. The third-order valence-electron chi connectivity index (χ3n) is 12.7. The van der Waals surface area contributed by atoms with Gasteiger partial charge >= 0.3 is 36.3 Å². The van der Waals surface area contributed by atoms with E-state index in [9.17, 15) is 14.4 Å². The van der Waals surface area contributed by atoms with Crippen LogP contribution < -0.4 is 49.9 Å². The number of hydrogen-bond donors (Lipinski definition) is 3. The molecule has 25 nitrogen and oxygen atoms in total. The van der Waals surface area contributed by atoms with Crippen molar-refractivity contribution in [3.8, 4) is 41.0 Å². The first-order chi connectivity index (χ1) is 41.1. The summed E-state index contributed by atoms with van der Waals surface area (Å²) < 4.78 is 41.2. The summed E-state index contributed by atoms with van der Waals surface area (Å²) in [4.78, 5) is 72.8. The summed E-state index contributed by atoms with van der Waals surface area (Å²) in [6.45, 7) is 17.2. The average Bonchev–Trinajstić information content (AvgIpc) is 3.05. The van der Waals surface area contributed by atoms with Crippen LogP contribution in [0.25, 0.3) is 0 Å². The molecule has 5 atom stereocenters. The van der Waals surface area contributed by atoms with Crippen molar-refractivity contribution in [2.24, 2.45) is 23.5 Å². The highest BCUT2D eigenvalue weighted by molar-refractivity contribution is 6.31. The number of nitrogens with zero attached hydrogens (tertiary/aromatic N) is 11. The van der Waals surface area contributed by atoms with Crippen molar-refractivity contribution >= 4 is 83.3 Å². The van der Waals surface area contributed by atoms with E-state index in [0.29, 0.717) is 31.7 Å². The molecule has 3 aliphatic rings. The minimum Gasteiger partial charge on any atom is -0.467 e. The monoisotopic (exact) mass is 1280 g/mol. The van der Waals surface area contributed by atoms with Gasteiger partial charge in [-0.1, -0.05) is 102 Å². The number of hydrogen-bond acceptors (Lipinski definition) is 22. The van der Waals surface area contributed by atoms with Gasteiger partial charge in [0.2, 0.25) is 33.7 Å². The van der Waals surface area contributed by atoms with E-state index in [0.717, 1.165) is 34.1 Å². The van der Waals surface area contributed by atoms with Gasteiger partial charge in [-0.25, -0.2) is 24.2 Å². The number of anilines is 3. The molecule has 466 valence electrons. The van der Waals surface area contributed by atoms with E-state index in [-0.39, 0.29) is 106 Å². The van der Waals surface area contributed by atoms with E-state index < -0.39 is 12.2 Å². The molecule has 4 aromatic carbocycles. The number of methoxy groups -OCH3 is 3. The lowest BCUT2D eigenvalue weighted by molar-refractivity contribution is 0.175. The average molecular weight is 1280 g/mol. The van der Waals surface area contributed by atoms with Gasteiger partial charge in [-0.3, -0.25) is 0 Å². The summed E-state index contributed by atoms with van der Waals surface area (Å²) in [5, 5.41) is 5.98. The fourth-order valence-electron chi connectivity index (χ4n) is 7.79. The molecular formula is C58H70Cl4N14O11. The molecule has 0 aliphatic carbocycles. The minimum absolute atomic E-state index is 0. The van der Waals surface area contributed by atoms with Crippen LogP contribution in [0.1, 0.15) is 78.6 Å². The third kappa shape index (κ3) is 21.2. The van der Waals surface area contributed by atoms with Crippen LogP contribution in [0.4, 0.5) is 32.2 Å². The first-order valence-electron chi connectivity index (χ1n) is 27.0. The summed E-state index contributed by atoms with van der Waals surface area (Å²) in [5.74, 6) is 4.69. The van der Waals surface area contributed by atoms with Crippen molar-refractivity contribution < 1.29 is 52.3 Å². The largest absolute Gasteiger partial charge is 0.467 e. The summed E-state index contributed by atoms with van der Waals surface area (Å²) in [5.41, 5.74) is 7.90. The van der Waals surface area contributed by atoms with Crippen molar-refractivity contribution in [2.45, 2.75) is 85.6 Å². The Balaban J connectivity index is 0.000000216. The van der Waals surface area contributed by atoms with Crippen molar-refractivity contribution in [3.05, 3.63) is 136 Å². The Kier molecular flexibility index (Phi) is 27.2. The summed E-state index contributed by atoms with van der Waals surface area (Å²) >= 11 is 16.6. The van der Waals surface area contributed by atoms with Gasteiger partial charge in [0.1, 0.15) is 42.8 Å². The molecule has 4 N–H and O–H groups in total. The van der Waals surface area contributed by atoms with Gasteiger partial charge in [0.15, 0.2) is 0 Å². The van der Waals surface area contributed by atoms with Gasteiger partial charge in [-0.2, -0.15) is 44.9 Å². The minimum atomic E-state index is -0.488. The number of nitrogens with two attached hydrogens (primary N) is 1. The van der Waals surface area contributed by atoms with Gasteiger partial charge < -0.3 is 54.3 Å². The number of aromatic nitrogens is 9. The Labute approximate surface area is 525 Å². The molecule has 0 radical (unpaired) electrons. The van der Waals surface area contributed by atoms with Crippen LogP contribution in [0.5, 0.6) is 41.0 Å². The highest BCUT2D eigenvalue weighted by atomic mass is 35.5. The highest BCUT2D eigenvalue weighted by Gasteiger charge is 2.40. The van der Waals surface area contributed by atoms with Gasteiger partial charge in [-0.05, 0) is 126 Å². The smallest absolute Gasteiger partial charge is 0.417 e. The van der Waals surface area contributed by atoms with E-state index in [1.54, 1.807) is 0 Å². The zero-order valence-corrected chi connectivity index (χ0v) is 52.7. The van der Waals surface area contributed by atoms with E-state index in [1.165, 1.54) is 31.1 Å². The Hall–Kier alpha value is -8.36. The van der Waals surface area contributed by atoms with Crippen molar-refractivity contribution in [2.75, 3.05) is 56.3 Å². The van der Waals surface area contributed by atoms with Crippen molar-refractivity contribution in [1.29, 1.82) is 0 Å². The van der Waals surface area contributed by atoms with E-state index >= 15 is 0 Å². The Morgan fingerprint density at radius 1 is 0.506 bits per heavy atom. The van der Waals surface area contributed by atoms with Crippen LogP contribution in [-0.2, 0) is 14.2 Å². The van der Waals surface area contributed by atoms with Crippen LogP contribution in [0.2, 0.25) is 15.9 Å². The maximum atomic E-state index is 12.3. The lowest BCUT2D eigenvalue weighted by Crippen LogP contribution is -2.38. The number of alkyl carbamates (subject to hydrolysis) is 1. The second-order valence-electron chi connectivity index (χ2n) is 19.9. The van der Waals surface area contributed by atoms with Crippen LogP contribution in [-0.4, -0.2) is 122 Å². The predicted molar refractivity (Wildman–Crippen MR) is 330 cm³/mol. The van der Waals surface area contributed by atoms with E-state index in [4.69, 9.17) is 69.0 Å². The molecule has 3 aliphatic heterocycles. The van der Waals surface area contributed by atoms with Gasteiger partial charge in [0.05, 0.1) is 45.5 Å². The lowest BCUT2D eigenvalue weighted by Gasteiger charge is -2.23. The molecule has 87 heavy (non-hydrogen) atoms. The first kappa shape index (κ1) is 69.4. The quantitative estimate of drug-likeness (QED) is 0.0757. The first-order valence-corrected chi connectivity index (χ1v) is 28.2. The fourth-order valence-corrected chi connectivity index (χ4v) is 8.29. The van der Waals surface area contributed by atoms with Crippen molar-refractivity contribution in [1.82, 2.24) is 50.2 Å². The number of para-hydroxylation sites is 2. The molecule has 6 heterocycles. The number of halogens is 4. The van der Waals surface area contributed by atoms with Crippen LogP contribution >= 0.6 is 47.2 Å². The molecule has 3 amide bonds. The van der Waals surface area contributed by atoms with E-state index in [1.807, 2.05) is 151 Å². The Morgan fingerprint density at radius 3 is 1.30 bits per heavy atom. The predicted octanol–water partition coefficient (Wildman–Crippen LogP) is 12.2. The van der Waals surface area contributed by atoms with Crippen LogP contribution in [0.3, 0.4) is 0 Å². The molecule has 0 spiro atoms. The molecule has 0 bridgehead atoms. The van der Waals surface area contributed by atoms with Gasteiger partial charge in [-0.15, -0.1) is 12.4 Å². The fraction of sp³-hybridized carbons (Fsp3) is 0.379. The van der Waals surface area contributed by atoms with Crippen LogP contribution in [0, 0.1) is 17.8 Å². The third-order valence-corrected chi connectivity index (χ3v) is 13.2. The number of amides is 3. The summed E-state index contributed by atoms with van der Waals surface area (Å²) in [6.07, 6.45) is -1.25.